The summed E-state index contributed by atoms with van der Waals surface area (Å²) in [6.07, 6.45) is 4.23. The minimum absolute atomic E-state index is 0.283. The van der Waals surface area contributed by atoms with Crippen LogP contribution in [0.3, 0.4) is 0 Å². The third-order valence-corrected chi connectivity index (χ3v) is 10.6. The van der Waals surface area contributed by atoms with Crippen molar-refractivity contribution < 1.29 is 13.2 Å². The van der Waals surface area contributed by atoms with Crippen molar-refractivity contribution in [3.63, 3.8) is 0 Å². The van der Waals surface area contributed by atoms with E-state index in [1.165, 1.54) is 0 Å². The van der Waals surface area contributed by atoms with E-state index in [-0.39, 0.29) is 6.54 Å². The van der Waals surface area contributed by atoms with Crippen LogP contribution in [0.1, 0.15) is 30.4 Å². The van der Waals surface area contributed by atoms with Crippen molar-refractivity contribution >= 4 is 38.6 Å². The Bertz CT molecular complexity index is 1740. The third kappa shape index (κ3) is 7.81. The zero-order valence-corrected chi connectivity index (χ0v) is 28.4. The van der Waals surface area contributed by atoms with Gasteiger partial charge in [0.2, 0.25) is 16.0 Å². The first kappa shape index (κ1) is 33.0. The fourth-order valence-corrected chi connectivity index (χ4v) is 7.65. The van der Waals surface area contributed by atoms with Crippen LogP contribution in [-0.4, -0.2) is 106 Å². The summed E-state index contributed by atoms with van der Waals surface area (Å²) in [4.78, 5) is 29.1. The van der Waals surface area contributed by atoms with Crippen molar-refractivity contribution in [1.82, 2.24) is 29.6 Å². The molecule has 47 heavy (non-hydrogen) atoms. The van der Waals surface area contributed by atoms with Crippen LogP contribution < -0.4 is 19.4 Å². The molecule has 0 radical (unpaired) electrons. The van der Waals surface area contributed by atoms with Gasteiger partial charge in [0.25, 0.3) is 0 Å². The highest BCUT2D eigenvalue weighted by Crippen LogP contribution is 2.32. The number of hydrogen-bond donors (Lipinski definition) is 1. The van der Waals surface area contributed by atoms with E-state index < -0.39 is 10.0 Å². The summed E-state index contributed by atoms with van der Waals surface area (Å²) in [5.41, 5.74) is 3.25. The van der Waals surface area contributed by atoms with E-state index in [0.29, 0.717) is 66.5 Å². The van der Waals surface area contributed by atoms with Gasteiger partial charge in [0, 0.05) is 51.9 Å². The fourth-order valence-electron chi connectivity index (χ4n) is 6.34. The summed E-state index contributed by atoms with van der Waals surface area (Å²) in [5.74, 6) is 2.21. The zero-order valence-electron chi connectivity index (χ0n) is 27.5. The van der Waals surface area contributed by atoms with E-state index >= 15 is 0 Å². The minimum Gasteiger partial charge on any atom is -0.378 e. The second kappa shape index (κ2) is 14.9. The molecular formula is C34H45N9O3S. The number of nitrogens with zero attached hydrogens (tertiary/aromatic N) is 8. The van der Waals surface area contributed by atoms with Crippen LogP contribution in [-0.2, 0) is 21.3 Å². The van der Waals surface area contributed by atoms with Crippen molar-refractivity contribution in [2.45, 2.75) is 43.7 Å². The molecule has 1 N–H and O–H groups in total. The largest absolute Gasteiger partial charge is 0.378 e. The Labute approximate surface area is 277 Å². The first-order valence-corrected chi connectivity index (χ1v) is 17.9. The predicted octanol–water partition coefficient (Wildman–Crippen LogP) is 3.47. The van der Waals surface area contributed by atoms with Crippen molar-refractivity contribution in [1.29, 1.82) is 0 Å². The number of morpholine rings is 1. The maximum Gasteiger partial charge on any atom is 0.240 e. The molecule has 4 heterocycles. The van der Waals surface area contributed by atoms with Gasteiger partial charge in [-0.2, -0.15) is 4.98 Å². The van der Waals surface area contributed by atoms with Gasteiger partial charge < -0.3 is 24.3 Å². The molecule has 0 atom stereocenters. The number of anilines is 3. The van der Waals surface area contributed by atoms with Crippen molar-refractivity contribution in [3.05, 3.63) is 72.1 Å². The van der Waals surface area contributed by atoms with Crippen LogP contribution in [0.5, 0.6) is 0 Å². The fraction of sp³-hybridized carbons (Fsp3) is 0.471. The van der Waals surface area contributed by atoms with Crippen LogP contribution in [0, 0.1) is 6.92 Å². The molecule has 2 aromatic heterocycles. The molecule has 250 valence electrons. The normalized spacial score (nSPS) is 16.3. The quantitative estimate of drug-likeness (QED) is 0.225. The number of aryl methyl sites for hydroxylation is 1. The molecule has 2 saturated heterocycles. The number of fused-ring (bicyclic) bond motifs is 1. The monoisotopic (exact) mass is 659 g/mol. The smallest absolute Gasteiger partial charge is 0.240 e. The van der Waals surface area contributed by atoms with E-state index in [4.69, 9.17) is 24.7 Å². The first-order chi connectivity index (χ1) is 22.8. The average Bonchev–Trinajstić information content (AvgIpc) is 3.10. The average molecular weight is 660 g/mol. The van der Waals surface area contributed by atoms with Crippen molar-refractivity contribution in [2.24, 2.45) is 0 Å². The molecular weight excluding hydrogens is 615 g/mol. The molecule has 2 aliphatic rings. The van der Waals surface area contributed by atoms with Gasteiger partial charge in [0.05, 0.1) is 18.1 Å². The number of benzene rings is 2. The number of ether oxygens (including phenoxy) is 1. The highest BCUT2D eigenvalue weighted by atomic mass is 32.2. The summed E-state index contributed by atoms with van der Waals surface area (Å²) in [6.45, 7) is 7.67. The molecule has 0 saturated carbocycles. The molecule has 2 fully saturated rings. The number of nitrogens with one attached hydrogen (secondary N) is 1. The maximum absolute atomic E-state index is 13.1. The summed E-state index contributed by atoms with van der Waals surface area (Å²) >= 11 is 0. The molecule has 2 aliphatic heterocycles. The van der Waals surface area contributed by atoms with Crippen molar-refractivity contribution in [2.75, 3.05) is 81.3 Å². The topological polar surface area (TPSA) is 120 Å². The van der Waals surface area contributed by atoms with E-state index in [0.717, 1.165) is 56.0 Å². The van der Waals surface area contributed by atoms with Crippen LogP contribution in [0.15, 0.2) is 65.8 Å². The van der Waals surface area contributed by atoms with Crippen molar-refractivity contribution in [3.8, 4) is 0 Å². The highest BCUT2D eigenvalue weighted by molar-refractivity contribution is 7.89. The van der Waals surface area contributed by atoms with Gasteiger partial charge in [-0.3, -0.25) is 0 Å². The Morgan fingerprint density at radius 1 is 0.894 bits per heavy atom. The zero-order chi connectivity index (χ0) is 32.8. The lowest BCUT2D eigenvalue weighted by Gasteiger charge is -2.36. The SMILES string of the molecule is Cc1ccccc1S(=O)(=O)NCCCN(Cc1ccccc1)c1ncnc2c(N3CCOCC3)nc(N3CCC(N(C)C)CC3)nc12. The van der Waals surface area contributed by atoms with Gasteiger partial charge in [-0.25, -0.2) is 28.1 Å². The lowest BCUT2D eigenvalue weighted by molar-refractivity contribution is 0.122. The van der Waals surface area contributed by atoms with E-state index in [2.05, 4.69) is 50.5 Å². The molecule has 12 nitrogen and oxygen atoms in total. The number of aromatic nitrogens is 4. The number of rotatable bonds is 12. The van der Waals surface area contributed by atoms with Crippen LogP contribution in [0.25, 0.3) is 11.0 Å². The lowest BCUT2D eigenvalue weighted by Crippen LogP contribution is -2.43. The highest BCUT2D eigenvalue weighted by Gasteiger charge is 2.27. The standard InChI is InChI=1S/C34H45N9O3S/c1-26-10-7-8-13-29(26)47(44,45)37-16-9-17-43(24-27-11-5-4-6-12-27)32-31-30(35-25-36-32)33(41-20-22-46-23-21-41)39-34(38-31)42-18-14-28(15-19-42)40(2)3/h4-8,10-13,25,28,37H,9,14-24H2,1-3H3. The predicted molar refractivity (Wildman–Crippen MR) is 186 cm³/mol. The maximum atomic E-state index is 13.1. The molecule has 0 amide bonds. The molecule has 0 bridgehead atoms. The van der Waals surface area contributed by atoms with Gasteiger partial charge in [0.15, 0.2) is 11.6 Å². The number of piperidine rings is 1. The molecule has 6 rings (SSSR count). The molecule has 0 aliphatic carbocycles. The van der Waals surface area contributed by atoms with Gasteiger partial charge >= 0.3 is 0 Å². The lowest BCUT2D eigenvalue weighted by atomic mass is 10.0. The van der Waals surface area contributed by atoms with E-state index in [1.807, 2.05) is 37.3 Å². The second-order valence-electron chi connectivity index (χ2n) is 12.4. The van der Waals surface area contributed by atoms with Gasteiger partial charge in [-0.15, -0.1) is 0 Å². The summed E-state index contributed by atoms with van der Waals surface area (Å²) in [5, 5.41) is 0. The van der Waals surface area contributed by atoms with Gasteiger partial charge in [0.1, 0.15) is 17.4 Å². The first-order valence-electron chi connectivity index (χ1n) is 16.4. The Hall–Kier alpha value is -3.91. The van der Waals surface area contributed by atoms with E-state index in [1.54, 1.807) is 18.5 Å². The summed E-state index contributed by atoms with van der Waals surface area (Å²) < 4.78 is 34.6. The Balaban J connectivity index is 1.32. The summed E-state index contributed by atoms with van der Waals surface area (Å²) in [7, 11) is 0.650. The second-order valence-corrected chi connectivity index (χ2v) is 14.2. The molecule has 13 heteroatoms. The molecule has 0 spiro atoms. The Morgan fingerprint density at radius 2 is 1.62 bits per heavy atom. The number of hydrogen-bond acceptors (Lipinski definition) is 11. The van der Waals surface area contributed by atoms with Crippen LogP contribution >= 0.6 is 0 Å². The minimum atomic E-state index is -3.63. The van der Waals surface area contributed by atoms with Gasteiger partial charge in [-0.05, 0) is 57.5 Å². The molecule has 0 unspecified atom stereocenters. The summed E-state index contributed by atoms with van der Waals surface area (Å²) in [6, 6.07) is 17.8. The van der Waals surface area contributed by atoms with Gasteiger partial charge in [-0.1, -0.05) is 48.5 Å². The molecule has 2 aromatic carbocycles. The van der Waals surface area contributed by atoms with E-state index in [9.17, 15) is 8.42 Å². The number of sulfonamides is 1. The van der Waals surface area contributed by atoms with Crippen LogP contribution in [0.2, 0.25) is 0 Å². The Kier molecular flexibility index (Phi) is 10.5. The molecule has 4 aromatic rings. The Morgan fingerprint density at radius 3 is 2.34 bits per heavy atom. The third-order valence-electron chi connectivity index (χ3n) is 9.02. The van der Waals surface area contributed by atoms with Crippen LogP contribution in [0.4, 0.5) is 17.6 Å².